The first-order valence-corrected chi connectivity index (χ1v) is 8.99. The minimum Gasteiger partial charge on any atom is -0.268 e. The van der Waals surface area contributed by atoms with E-state index in [1.807, 2.05) is 13.8 Å². The molecule has 0 fully saturated rings. The number of aromatic nitrogens is 3. The van der Waals surface area contributed by atoms with Crippen LogP contribution in [0.2, 0.25) is 0 Å². The fourth-order valence-electron chi connectivity index (χ4n) is 2.47. The topological polar surface area (TPSA) is 77.2 Å². The van der Waals surface area contributed by atoms with Gasteiger partial charge in [0, 0.05) is 24.2 Å². The van der Waals surface area contributed by atoms with Crippen LogP contribution in [-0.2, 0) is 13.5 Å². The summed E-state index contributed by atoms with van der Waals surface area (Å²) < 4.78 is 1.28. The molecule has 1 amide bonds. The van der Waals surface area contributed by atoms with E-state index >= 15 is 0 Å². The molecule has 1 aromatic carbocycles. The number of aliphatic imine (C=N–C) groups is 1. The number of amides is 1. The molecule has 2 aromatic heterocycles. The van der Waals surface area contributed by atoms with Crippen LogP contribution in [0.25, 0.3) is 11.3 Å². The van der Waals surface area contributed by atoms with E-state index in [0.717, 1.165) is 27.6 Å². The largest absolute Gasteiger partial charge is 0.276 e. The summed E-state index contributed by atoms with van der Waals surface area (Å²) in [6.45, 7) is 3.97. The average molecular weight is 366 g/mol. The fraction of sp³-hybridized carbons (Fsp3) is 0.211. The summed E-state index contributed by atoms with van der Waals surface area (Å²) in [4.78, 5) is 33.1. The van der Waals surface area contributed by atoms with Crippen molar-refractivity contribution in [3.8, 4) is 11.3 Å². The molecule has 26 heavy (non-hydrogen) atoms. The maximum absolute atomic E-state index is 12.3. The zero-order valence-electron chi connectivity index (χ0n) is 14.8. The van der Waals surface area contributed by atoms with Crippen LogP contribution in [0.1, 0.15) is 32.9 Å². The van der Waals surface area contributed by atoms with Crippen molar-refractivity contribution in [2.45, 2.75) is 20.3 Å². The Morgan fingerprint density at radius 2 is 1.96 bits per heavy atom. The molecule has 6 nitrogen and oxygen atoms in total. The van der Waals surface area contributed by atoms with E-state index in [1.165, 1.54) is 22.1 Å². The van der Waals surface area contributed by atoms with E-state index in [9.17, 15) is 9.59 Å². The predicted molar refractivity (Wildman–Crippen MR) is 103 cm³/mol. The van der Waals surface area contributed by atoms with Gasteiger partial charge in [-0.15, -0.1) is 11.3 Å². The number of thiazole rings is 1. The number of aryl methyl sites for hydroxylation is 3. The van der Waals surface area contributed by atoms with E-state index in [0.29, 0.717) is 11.3 Å². The van der Waals surface area contributed by atoms with E-state index in [1.54, 1.807) is 43.6 Å². The maximum Gasteiger partial charge on any atom is 0.276 e. The third-order valence-corrected chi connectivity index (χ3v) is 4.80. The molecule has 0 aliphatic heterocycles. The summed E-state index contributed by atoms with van der Waals surface area (Å²) in [6.07, 6.45) is 2.40. The van der Waals surface area contributed by atoms with Gasteiger partial charge in [0.15, 0.2) is 0 Å². The van der Waals surface area contributed by atoms with Crippen molar-refractivity contribution in [1.82, 2.24) is 14.8 Å². The second-order valence-corrected chi connectivity index (χ2v) is 6.95. The highest BCUT2D eigenvalue weighted by Crippen LogP contribution is 2.18. The summed E-state index contributed by atoms with van der Waals surface area (Å²) in [7, 11) is 1.60. The highest BCUT2D eigenvalue weighted by molar-refractivity contribution is 7.13. The molecule has 0 saturated carbocycles. The van der Waals surface area contributed by atoms with Crippen LogP contribution in [0.15, 0.2) is 46.2 Å². The Morgan fingerprint density at radius 1 is 1.23 bits per heavy atom. The van der Waals surface area contributed by atoms with Crippen LogP contribution in [0.3, 0.4) is 0 Å². The molecule has 0 bridgehead atoms. The Hall–Kier alpha value is -2.93. The summed E-state index contributed by atoms with van der Waals surface area (Å²) in [6, 6.07) is 10.1. The normalized spacial score (nSPS) is 11.2. The summed E-state index contributed by atoms with van der Waals surface area (Å²) in [5.74, 6) is -0.307. The molecular weight excluding hydrogens is 348 g/mol. The molecule has 0 saturated heterocycles. The molecule has 0 unspecified atom stereocenters. The standard InChI is InChI=1S/C19H18N4O2S/c1-4-15-17(26-12(2)21-15)11-20-19(25)14-7-5-13(6-8-14)16-9-10-18(24)23(3)22-16/h5-11H,4H2,1-3H3. The van der Waals surface area contributed by atoms with E-state index in [-0.39, 0.29) is 11.5 Å². The lowest BCUT2D eigenvalue weighted by Crippen LogP contribution is -2.18. The average Bonchev–Trinajstić information content (AvgIpc) is 3.02. The fourth-order valence-corrected chi connectivity index (χ4v) is 3.36. The Morgan fingerprint density at radius 3 is 2.62 bits per heavy atom. The van der Waals surface area contributed by atoms with Gasteiger partial charge >= 0.3 is 0 Å². The molecule has 0 aliphatic carbocycles. The molecule has 0 spiro atoms. The van der Waals surface area contributed by atoms with Gasteiger partial charge in [-0.1, -0.05) is 19.1 Å². The zero-order chi connectivity index (χ0) is 18.7. The minimum atomic E-state index is -0.307. The number of rotatable bonds is 4. The van der Waals surface area contributed by atoms with Gasteiger partial charge in [-0.3, -0.25) is 9.59 Å². The van der Waals surface area contributed by atoms with E-state index < -0.39 is 0 Å². The second kappa shape index (κ2) is 7.53. The van der Waals surface area contributed by atoms with Crippen molar-refractivity contribution in [1.29, 1.82) is 0 Å². The SMILES string of the molecule is CCc1nc(C)sc1C=NC(=O)c1ccc(-c2ccc(=O)n(C)n2)cc1. The van der Waals surface area contributed by atoms with E-state index in [2.05, 4.69) is 15.1 Å². The molecule has 7 heteroatoms. The summed E-state index contributed by atoms with van der Waals surface area (Å²) in [5, 5.41) is 5.16. The quantitative estimate of drug-likeness (QED) is 0.665. The van der Waals surface area contributed by atoms with Crippen molar-refractivity contribution in [2.75, 3.05) is 0 Å². The molecule has 3 rings (SSSR count). The lowest BCUT2D eigenvalue weighted by molar-refractivity contribution is 0.100. The van der Waals surface area contributed by atoms with Gasteiger partial charge < -0.3 is 0 Å². The Labute approximate surface area is 154 Å². The van der Waals surface area contributed by atoms with E-state index in [4.69, 9.17) is 0 Å². The van der Waals surface area contributed by atoms with Crippen LogP contribution >= 0.6 is 11.3 Å². The smallest absolute Gasteiger partial charge is 0.268 e. The van der Waals surface area contributed by atoms with Gasteiger partial charge in [-0.2, -0.15) is 5.10 Å². The molecule has 0 N–H and O–H groups in total. The number of nitrogens with zero attached hydrogens (tertiary/aromatic N) is 4. The first kappa shape index (κ1) is 17.9. The summed E-state index contributed by atoms with van der Waals surface area (Å²) >= 11 is 1.53. The summed E-state index contributed by atoms with van der Waals surface area (Å²) in [5.41, 5.74) is 2.78. The van der Waals surface area contributed by atoms with Crippen molar-refractivity contribution in [2.24, 2.45) is 12.0 Å². The highest BCUT2D eigenvalue weighted by Gasteiger charge is 2.08. The van der Waals surface area contributed by atoms with Gasteiger partial charge in [-0.25, -0.2) is 14.7 Å². The predicted octanol–water partition coefficient (Wildman–Crippen LogP) is 3.03. The van der Waals surface area contributed by atoms with Crippen molar-refractivity contribution < 1.29 is 4.79 Å². The van der Waals surface area contributed by atoms with Crippen molar-refractivity contribution >= 4 is 23.5 Å². The molecule has 0 aliphatic rings. The van der Waals surface area contributed by atoms with Crippen LogP contribution in [0, 0.1) is 6.92 Å². The monoisotopic (exact) mass is 366 g/mol. The third-order valence-electron chi connectivity index (χ3n) is 3.86. The second-order valence-electron chi connectivity index (χ2n) is 5.72. The van der Waals surface area contributed by atoms with Crippen LogP contribution in [0.5, 0.6) is 0 Å². The number of benzene rings is 1. The Balaban J connectivity index is 1.79. The number of carbonyl (C=O) groups is 1. The lowest BCUT2D eigenvalue weighted by Gasteiger charge is -2.03. The number of hydrogen-bond acceptors (Lipinski definition) is 5. The maximum atomic E-state index is 12.3. The Bertz CT molecular complexity index is 1030. The first-order valence-electron chi connectivity index (χ1n) is 8.17. The van der Waals surface area contributed by atoms with Gasteiger partial charge in [0.2, 0.25) is 0 Å². The van der Waals surface area contributed by atoms with Crippen LogP contribution in [-0.4, -0.2) is 26.9 Å². The minimum absolute atomic E-state index is 0.167. The number of hydrogen-bond donors (Lipinski definition) is 0. The highest BCUT2D eigenvalue weighted by atomic mass is 32.1. The molecule has 0 atom stereocenters. The van der Waals surface area contributed by atoms with Gasteiger partial charge in [-0.05, 0) is 31.5 Å². The zero-order valence-corrected chi connectivity index (χ0v) is 15.6. The number of carbonyl (C=O) groups excluding carboxylic acids is 1. The van der Waals surface area contributed by atoms with Gasteiger partial charge in [0.25, 0.3) is 11.5 Å². The third kappa shape index (κ3) is 3.83. The van der Waals surface area contributed by atoms with Crippen molar-refractivity contribution in [3.05, 3.63) is 67.9 Å². The molecule has 2 heterocycles. The lowest BCUT2D eigenvalue weighted by atomic mass is 10.1. The van der Waals surface area contributed by atoms with Crippen molar-refractivity contribution in [3.63, 3.8) is 0 Å². The first-order chi connectivity index (χ1) is 12.5. The van der Waals surface area contributed by atoms with Gasteiger partial charge in [0.1, 0.15) is 0 Å². The van der Waals surface area contributed by atoms with Gasteiger partial charge in [0.05, 0.1) is 27.5 Å². The molecule has 3 aromatic rings. The molecule has 132 valence electrons. The Kier molecular flexibility index (Phi) is 5.18. The van der Waals surface area contributed by atoms with Crippen LogP contribution < -0.4 is 5.56 Å². The van der Waals surface area contributed by atoms with Crippen LogP contribution in [0.4, 0.5) is 0 Å². The molecular formula is C19H18N4O2S. The molecule has 0 radical (unpaired) electrons.